The smallest absolute Gasteiger partial charge is 0.389 e. The third-order valence-corrected chi connectivity index (χ3v) is 2.28. The number of amides is 1. The van der Waals surface area contributed by atoms with E-state index < -0.39 is 18.5 Å². The van der Waals surface area contributed by atoms with E-state index in [0.29, 0.717) is 0 Å². The summed E-state index contributed by atoms with van der Waals surface area (Å²) in [7, 11) is 0. The summed E-state index contributed by atoms with van der Waals surface area (Å²) in [5, 5.41) is 2.42. The summed E-state index contributed by atoms with van der Waals surface area (Å²) in [6, 6.07) is 1.26. The van der Waals surface area contributed by atoms with E-state index in [1.54, 1.807) is 0 Å². The van der Waals surface area contributed by atoms with Crippen molar-refractivity contribution in [2.75, 3.05) is 12.3 Å². The maximum absolute atomic E-state index is 11.9. The lowest BCUT2D eigenvalue weighted by Gasteiger charge is -2.08. The number of nitrogen functional groups attached to an aromatic ring is 1. The summed E-state index contributed by atoms with van der Waals surface area (Å²) in [4.78, 5) is 15.2. The van der Waals surface area contributed by atoms with Crippen molar-refractivity contribution in [1.29, 1.82) is 0 Å². The fraction of sp³-hybridized carbons (Fsp3) is 0.400. The average Bonchev–Trinajstić information content (AvgIpc) is 2.26. The lowest BCUT2D eigenvalue weighted by molar-refractivity contribution is -0.135. The highest BCUT2D eigenvalue weighted by molar-refractivity contribution is 6.29. The minimum Gasteiger partial charge on any atom is -0.397 e. The predicted molar refractivity (Wildman–Crippen MR) is 61.3 cm³/mol. The molecule has 1 amide bonds. The molecule has 0 radical (unpaired) electrons. The Morgan fingerprint density at radius 2 is 2.17 bits per heavy atom. The maximum atomic E-state index is 11.9. The fourth-order valence-corrected chi connectivity index (χ4v) is 1.38. The maximum Gasteiger partial charge on any atom is 0.389 e. The van der Waals surface area contributed by atoms with E-state index in [-0.39, 0.29) is 29.4 Å². The van der Waals surface area contributed by atoms with Crippen LogP contribution in [0, 0.1) is 0 Å². The number of carbonyl (C=O) groups excluding carboxylic acids is 1. The molecule has 0 aromatic carbocycles. The molecule has 0 aliphatic rings. The van der Waals surface area contributed by atoms with Crippen LogP contribution in [0.2, 0.25) is 5.15 Å². The summed E-state index contributed by atoms with van der Waals surface area (Å²) >= 11 is 5.59. The molecule has 18 heavy (non-hydrogen) atoms. The zero-order valence-electron chi connectivity index (χ0n) is 9.22. The summed E-state index contributed by atoms with van der Waals surface area (Å²) in [6.07, 6.45) is -4.13. The first-order valence-electron chi connectivity index (χ1n) is 5.05. The van der Waals surface area contributed by atoms with Gasteiger partial charge in [-0.15, -0.1) is 0 Å². The minimum atomic E-state index is -4.22. The second-order valence-corrected chi connectivity index (χ2v) is 3.96. The molecule has 0 saturated carbocycles. The molecule has 8 heteroatoms. The van der Waals surface area contributed by atoms with E-state index in [0.717, 1.165) is 0 Å². The highest BCUT2D eigenvalue weighted by Gasteiger charge is 2.26. The van der Waals surface area contributed by atoms with Gasteiger partial charge in [-0.3, -0.25) is 4.79 Å². The average molecular weight is 282 g/mol. The van der Waals surface area contributed by atoms with Crippen molar-refractivity contribution in [1.82, 2.24) is 10.3 Å². The first-order chi connectivity index (χ1) is 8.29. The minimum absolute atomic E-state index is 0.0856. The number of carbonyl (C=O) groups is 1. The number of aromatic nitrogens is 1. The van der Waals surface area contributed by atoms with E-state index in [1.165, 1.54) is 12.3 Å². The van der Waals surface area contributed by atoms with Crippen LogP contribution >= 0.6 is 11.6 Å². The molecule has 100 valence electrons. The largest absolute Gasteiger partial charge is 0.397 e. The van der Waals surface area contributed by atoms with Crippen molar-refractivity contribution in [3.8, 4) is 0 Å². The van der Waals surface area contributed by atoms with Crippen LogP contribution in [0.1, 0.15) is 23.2 Å². The zero-order chi connectivity index (χ0) is 13.8. The van der Waals surface area contributed by atoms with Crippen molar-refractivity contribution in [3.05, 3.63) is 23.0 Å². The van der Waals surface area contributed by atoms with Crippen LogP contribution in [-0.4, -0.2) is 23.6 Å². The Bertz CT molecular complexity index is 437. The topological polar surface area (TPSA) is 68.0 Å². The molecule has 0 fully saturated rings. The normalized spacial score (nSPS) is 11.3. The molecule has 0 spiro atoms. The Kier molecular flexibility index (Phi) is 4.77. The lowest BCUT2D eigenvalue weighted by atomic mass is 10.2. The van der Waals surface area contributed by atoms with Gasteiger partial charge in [0.25, 0.3) is 5.91 Å². The summed E-state index contributed by atoms with van der Waals surface area (Å²) in [6.45, 7) is -0.0856. The second kappa shape index (κ2) is 5.90. The number of halogens is 4. The third-order valence-electron chi connectivity index (χ3n) is 2.07. The predicted octanol–water partition coefficient (Wildman–Crippen LogP) is 2.39. The van der Waals surface area contributed by atoms with E-state index in [4.69, 9.17) is 17.3 Å². The molecular formula is C10H11ClF3N3O. The molecule has 0 aliphatic heterocycles. The van der Waals surface area contributed by atoms with Gasteiger partial charge in [0.2, 0.25) is 0 Å². The summed E-state index contributed by atoms with van der Waals surface area (Å²) < 4.78 is 35.6. The Labute approximate surface area is 106 Å². The SMILES string of the molecule is Nc1cnc(Cl)cc1C(=O)NCCCC(F)(F)F. The van der Waals surface area contributed by atoms with Gasteiger partial charge in [-0.05, 0) is 12.5 Å². The van der Waals surface area contributed by atoms with Gasteiger partial charge in [-0.25, -0.2) is 4.98 Å². The Morgan fingerprint density at radius 1 is 1.50 bits per heavy atom. The van der Waals surface area contributed by atoms with Gasteiger partial charge in [0, 0.05) is 13.0 Å². The number of rotatable bonds is 4. The molecule has 0 saturated heterocycles. The number of pyridine rings is 1. The molecule has 0 aliphatic carbocycles. The number of alkyl halides is 3. The Balaban J connectivity index is 2.48. The van der Waals surface area contributed by atoms with Crippen LogP contribution in [0.3, 0.4) is 0 Å². The number of nitrogens with one attached hydrogen (secondary N) is 1. The monoisotopic (exact) mass is 281 g/mol. The molecule has 1 rings (SSSR count). The molecule has 4 nitrogen and oxygen atoms in total. The Morgan fingerprint density at radius 3 is 2.78 bits per heavy atom. The molecule has 1 aromatic heterocycles. The van der Waals surface area contributed by atoms with Gasteiger partial charge >= 0.3 is 6.18 Å². The first-order valence-corrected chi connectivity index (χ1v) is 5.43. The molecule has 3 N–H and O–H groups in total. The van der Waals surface area contributed by atoms with Crippen LogP contribution < -0.4 is 11.1 Å². The standard InChI is InChI=1S/C10H11ClF3N3O/c11-8-4-6(7(15)5-17-8)9(18)16-3-1-2-10(12,13)14/h4-5H,1-3,15H2,(H,16,18). The molecule has 0 bridgehead atoms. The first kappa shape index (κ1) is 14.6. The number of hydrogen-bond acceptors (Lipinski definition) is 3. The number of anilines is 1. The van der Waals surface area contributed by atoms with Gasteiger partial charge in [-0.1, -0.05) is 11.6 Å². The fourth-order valence-electron chi connectivity index (χ4n) is 1.22. The quantitative estimate of drug-likeness (QED) is 0.658. The number of nitrogens with two attached hydrogens (primary N) is 1. The van der Waals surface area contributed by atoms with Crippen molar-refractivity contribution in [2.24, 2.45) is 0 Å². The van der Waals surface area contributed by atoms with Crippen LogP contribution in [0.15, 0.2) is 12.3 Å². The van der Waals surface area contributed by atoms with Gasteiger partial charge in [0.1, 0.15) is 5.15 Å². The van der Waals surface area contributed by atoms with Crippen LogP contribution in [0.5, 0.6) is 0 Å². The summed E-state index contributed by atoms with van der Waals surface area (Å²) in [5.41, 5.74) is 5.72. The number of nitrogens with zero attached hydrogens (tertiary/aromatic N) is 1. The van der Waals surface area contributed by atoms with E-state index in [1.807, 2.05) is 0 Å². The van der Waals surface area contributed by atoms with Crippen molar-refractivity contribution in [3.63, 3.8) is 0 Å². The highest BCUT2D eigenvalue weighted by atomic mass is 35.5. The lowest BCUT2D eigenvalue weighted by Crippen LogP contribution is -2.26. The Hall–Kier alpha value is -1.50. The molecule has 1 heterocycles. The molecule has 0 unspecified atom stereocenters. The third kappa shape index (κ3) is 4.79. The second-order valence-electron chi connectivity index (χ2n) is 3.57. The van der Waals surface area contributed by atoms with E-state index in [2.05, 4.69) is 10.3 Å². The van der Waals surface area contributed by atoms with Gasteiger partial charge < -0.3 is 11.1 Å². The zero-order valence-corrected chi connectivity index (χ0v) is 9.98. The van der Waals surface area contributed by atoms with Crippen LogP contribution in [0.25, 0.3) is 0 Å². The molecular weight excluding hydrogens is 271 g/mol. The van der Waals surface area contributed by atoms with Crippen molar-refractivity contribution >= 4 is 23.2 Å². The van der Waals surface area contributed by atoms with Gasteiger partial charge in [0.05, 0.1) is 17.4 Å². The summed E-state index contributed by atoms with van der Waals surface area (Å²) in [5.74, 6) is -0.570. The van der Waals surface area contributed by atoms with Gasteiger partial charge in [0.15, 0.2) is 0 Å². The highest BCUT2D eigenvalue weighted by Crippen LogP contribution is 2.20. The van der Waals surface area contributed by atoms with E-state index in [9.17, 15) is 18.0 Å². The van der Waals surface area contributed by atoms with Crippen molar-refractivity contribution in [2.45, 2.75) is 19.0 Å². The van der Waals surface area contributed by atoms with Crippen LogP contribution in [-0.2, 0) is 0 Å². The molecule has 1 aromatic rings. The van der Waals surface area contributed by atoms with E-state index >= 15 is 0 Å². The molecule has 0 atom stereocenters. The number of hydrogen-bond donors (Lipinski definition) is 2. The van der Waals surface area contributed by atoms with Crippen molar-refractivity contribution < 1.29 is 18.0 Å². The van der Waals surface area contributed by atoms with Crippen LogP contribution in [0.4, 0.5) is 18.9 Å². The van der Waals surface area contributed by atoms with Gasteiger partial charge in [-0.2, -0.15) is 13.2 Å².